The maximum Gasteiger partial charge on any atom is 0.181 e. The van der Waals surface area contributed by atoms with Gasteiger partial charge in [-0.15, -0.1) is 0 Å². The summed E-state index contributed by atoms with van der Waals surface area (Å²) in [5, 5.41) is 7.78. The van der Waals surface area contributed by atoms with Crippen LogP contribution in [0, 0.1) is 0 Å². The average molecular weight is 345 g/mol. The lowest BCUT2D eigenvalue weighted by molar-refractivity contribution is 0.354. The first-order valence-electron chi connectivity index (χ1n) is 7.28. The molecular formula is C17H17ClN4O2. The minimum absolute atomic E-state index is 0.460. The number of H-pyrrole nitrogens is 1. The molecule has 1 aromatic heterocycles. The number of hydrogen-bond acceptors (Lipinski definition) is 5. The Bertz CT molecular complexity index is 833. The van der Waals surface area contributed by atoms with E-state index in [1.807, 2.05) is 30.3 Å². The summed E-state index contributed by atoms with van der Waals surface area (Å²) in [6.07, 6.45) is 0. The Labute approximate surface area is 144 Å². The topological polar surface area (TPSA) is 86.0 Å². The zero-order valence-electron chi connectivity index (χ0n) is 13.3. The summed E-state index contributed by atoms with van der Waals surface area (Å²) in [6.45, 7) is 0. The highest BCUT2D eigenvalue weighted by Gasteiger charge is 2.17. The molecule has 7 heteroatoms. The van der Waals surface area contributed by atoms with E-state index in [-0.39, 0.29) is 0 Å². The van der Waals surface area contributed by atoms with Gasteiger partial charge in [-0.1, -0.05) is 17.7 Å². The molecule has 124 valence electrons. The molecule has 1 atom stereocenters. The highest BCUT2D eigenvalue weighted by atomic mass is 35.5. The first-order chi connectivity index (χ1) is 11.6. The van der Waals surface area contributed by atoms with Crippen LogP contribution in [0.15, 0.2) is 42.5 Å². The Morgan fingerprint density at radius 1 is 1.04 bits per heavy atom. The number of hydrogen-bond donors (Lipinski definition) is 2. The zero-order valence-corrected chi connectivity index (χ0v) is 14.0. The molecular weight excluding hydrogens is 328 g/mol. The van der Waals surface area contributed by atoms with Crippen LogP contribution in [-0.4, -0.2) is 29.4 Å². The van der Waals surface area contributed by atoms with Crippen molar-refractivity contribution in [2.45, 2.75) is 6.04 Å². The van der Waals surface area contributed by atoms with Crippen molar-refractivity contribution in [1.29, 1.82) is 0 Å². The van der Waals surface area contributed by atoms with Crippen molar-refractivity contribution in [3.63, 3.8) is 0 Å². The van der Waals surface area contributed by atoms with E-state index in [0.29, 0.717) is 28.2 Å². The van der Waals surface area contributed by atoms with Gasteiger partial charge in [0.15, 0.2) is 17.3 Å². The number of methoxy groups -OCH3 is 2. The molecule has 3 N–H and O–H groups in total. The summed E-state index contributed by atoms with van der Waals surface area (Å²) in [5.41, 5.74) is 8.00. The van der Waals surface area contributed by atoms with Gasteiger partial charge in [-0.3, -0.25) is 5.10 Å². The van der Waals surface area contributed by atoms with Gasteiger partial charge < -0.3 is 15.2 Å². The van der Waals surface area contributed by atoms with Gasteiger partial charge in [-0.25, -0.2) is 4.98 Å². The first kappa shape index (κ1) is 16.3. The normalized spacial score (nSPS) is 12.0. The zero-order chi connectivity index (χ0) is 17.1. The Hall–Kier alpha value is -2.57. The van der Waals surface area contributed by atoms with Gasteiger partial charge in [0.05, 0.1) is 20.3 Å². The predicted molar refractivity (Wildman–Crippen MR) is 92.4 cm³/mol. The van der Waals surface area contributed by atoms with E-state index in [1.54, 1.807) is 26.4 Å². The van der Waals surface area contributed by atoms with Crippen LogP contribution >= 0.6 is 11.6 Å². The smallest absolute Gasteiger partial charge is 0.181 e. The van der Waals surface area contributed by atoms with Crippen LogP contribution in [0.5, 0.6) is 11.5 Å². The number of ether oxygens (including phenoxy) is 2. The number of aromatic nitrogens is 3. The maximum atomic E-state index is 6.30. The van der Waals surface area contributed by atoms with E-state index in [2.05, 4.69) is 15.2 Å². The van der Waals surface area contributed by atoms with Gasteiger partial charge in [0.2, 0.25) is 0 Å². The molecule has 6 nitrogen and oxygen atoms in total. The van der Waals surface area contributed by atoms with Crippen LogP contribution in [-0.2, 0) is 0 Å². The van der Waals surface area contributed by atoms with E-state index >= 15 is 0 Å². The van der Waals surface area contributed by atoms with Crippen molar-refractivity contribution >= 4 is 11.6 Å². The quantitative estimate of drug-likeness (QED) is 0.742. The van der Waals surface area contributed by atoms with Gasteiger partial charge >= 0.3 is 0 Å². The molecule has 0 unspecified atom stereocenters. The van der Waals surface area contributed by atoms with Gasteiger partial charge in [-0.2, -0.15) is 5.10 Å². The van der Waals surface area contributed by atoms with Crippen molar-refractivity contribution in [2.24, 2.45) is 5.73 Å². The fourth-order valence-corrected chi connectivity index (χ4v) is 2.47. The van der Waals surface area contributed by atoms with Crippen molar-refractivity contribution in [3.8, 4) is 22.9 Å². The number of nitrogens with one attached hydrogen (secondary N) is 1. The number of halogens is 1. The summed E-state index contributed by atoms with van der Waals surface area (Å²) in [4.78, 5) is 4.48. The summed E-state index contributed by atoms with van der Waals surface area (Å²) in [7, 11) is 3.17. The van der Waals surface area contributed by atoms with Crippen LogP contribution < -0.4 is 15.2 Å². The van der Waals surface area contributed by atoms with Gasteiger partial charge in [0.25, 0.3) is 0 Å². The Balaban J connectivity index is 1.88. The molecule has 0 fully saturated rings. The Kier molecular flexibility index (Phi) is 4.69. The van der Waals surface area contributed by atoms with E-state index in [1.165, 1.54) is 0 Å². The van der Waals surface area contributed by atoms with Crippen molar-refractivity contribution < 1.29 is 9.47 Å². The number of aromatic amines is 1. The molecule has 0 amide bonds. The minimum atomic E-state index is -0.460. The van der Waals surface area contributed by atoms with Crippen molar-refractivity contribution in [3.05, 3.63) is 58.9 Å². The van der Waals surface area contributed by atoms with Crippen LogP contribution in [0.3, 0.4) is 0 Å². The number of rotatable bonds is 5. The third-order valence-corrected chi connectivity index (χ3v) is 3.92. The summed E-state index contributed by atoms with van der Waals surface area (Å²) in [5.74, 6) is 2.39. The van der Waals surface area contributed by atoms with Crippen LogP contribution in [0.25, 0.3) is 11.4 Å². The first-order valence-corrected chi connectivity index (χ1v) is 7.66. The highest BCUT2D eigenvalue weighted by Crippen LogP contribution is 2.31. The maximum absolute atomic E-state index is 6.30. The second kappa shape index (κ2) is 6.90. The average Bonchev–Trinajstić information content (AvgIpc) is 3.11. The van der Waals surface area contributed by atoms with Crippen LogP contribution in [0.2, 0.25) is 5.02 Å². The largest absolute Gasteiger partial charge is 0.493 e. The molecule has 1 heterocycles. The fraction of sp³-hybridized carbons (Fsp3) is 0.176. The molecule has 0 spiro atoms. The van der Waals surface area contributed by atoms with Gasteiger partial charge in [-0.05, 0) is 42.0 Å². The third-order valence-electron chi connectivity index (χ3n) is 3.67. The van der Waals surface area contributed by atoms with Crippen molar-refractivity contribution in [2.75, 3.05) is 14.2 Å². The van der Waals surface area contributed by atoms with E-state index in [9.17, 15) is 0 Å². The molecule has 0 radical (unpaired) electrons. The van der Waals surface area contributed by atoms with E-state index in [4.69, 9.17) is 26.8 Å². The lowest BCUT2D eigenvalue weighted by Crippen LogP contribution is -2.14. The molecule has 0 saturated carbocycles. The fourth-order valence-electron chi connectivity index (χ4n) is 2.35. The predicted octanol–water partition coefficient (Wildman–Crippen LogP) is 3.19. The molecule has 3 aromatic rings. The van der Waals surface area contributed by atoms with Gasteiger partial charge in [0, 0.05) is 10.6 Å². The second-order valence-electron chi connectivity index (χ2n) is 5.14. The monoisotopic (exact) mass is 344 g/mol. The summed E-state index contributed by atoms with van der Waals surface area (Å²) >= 11 is 5.90. The Morgan fingerprint density at radius 2 is 1.75 bits per heavy atom. The molecule has 2 aromatic carbocycles. The third kappa shape index (κ3) is 3.20. The van der Waals surface area contributed by atoms with Gasteiger partial charge in [0.1, 0.15) is 5.82 Å². The number of benzene rings is 2. The Morgan fingerprint density at radius 3 is 2.42 bits per heavy atom. The van der Waals surface area contributed by atoms with Crippen LogP contribution in [0.4, 0.5) is 0 Å². The molecule has 3 rings (SSSR count). The van der Waals surface area contributed by atoms with Crippen molar-refractivity contribution in [1.82, 2.24) is 15.2 Å². The standard InChI is InChI=1S/C17H17ClN4O2/c1-23-13-8-5-11(9-14(13)24-2)15(19)17-20-16(21-22-17)10-3-6-12(18)7-4-10/h3-9,15H,19H2,1-2H3,(H,20,21,22)/t15-/m0/s1. The van der Waals surface area contributed by atoms with E-state index < -0.39 is 6.04 Å². The van der Waals surface area contributed by atoms with Crippen LogP contribution in [0.1, 0.15) is 17.4 Å². The summed E-state index contributed by atoms with van der Waals surface area (Å²) in [6, 6.07) is 12.4. The lowest BCUT2D eigenvalue weighted by atomic mass is 10.1. The molecule has 0 aliphatic carbocycles. The molecule has 0 aliphatic rings. The molecule has 24 heavy (non-hydrogen) atoms. The summed E-state index contributed by atoms with van der Waals surface area (Å²) < 4.78 is 10.5. The minimum Gasteiger partial charge on any atom is -0.493 e. The molecule has 0 saturated heterocycles. The SMILES string of the molecule is COc1ccc([C@H](N)c2nc(-c3ccc(Cl)cc3)n[nH]2)cc1OC. The lowest BCUT2D eigenvalue weighted by Gasteiger charge is -2.13. The molecule has 0 bridgehead atoms. The number of nitrogens with two attached hydrogens (primary N) is 1. The molecule has 0 aliphatic heterocycles. The highest BCUT2D eigenvalue weighted by molar-refractivity contribution is 6.30. The van der Waals surface area contributed by atoms with E-state index in [0.717, 1.165) is 11.1 Å². The second-order valence-corrected chi connectivity index (χ2v) is 5.58. The number of nitrogens with zero attached hydrogens (tertiary/aromatic N) is 2.